The van der Waals surface area contributed by atoms with Gasteiger partial charge in [-0.05, 0) is 60.0 Å². The van der Waals surface area contributed by atoms with Crippen LogP contribution in [-0.2, 0) is 38.8 Å². The van der Waals surface area contributed by atoms with Gasteiger partial charge in [-0.1, -0.05) is 87.8 Å². The van der Waals surface area contributed by atoms with Gasteiger partial charge >= 0.3 is 0 Å². The van der Waals surface area contributed by atoms with Gasteiger partial charge in [0.05, 0.1) is 32.5 Å². The Labute approximate surface area is 246 Å². The van der Waals surface area contributed by atoms with E-state index in [1.54, 1.807) is 36.4 Å². The Hall–Kier alpha value is -0.760. The fourth-order valence-corrected chi connectivity index (χ4v) is 5.44. The third kappa shape index (κ3) is 7.89. The molecule has 1 saturated heterocycles. The first kappa shape index (κ1) is 29.2. The SMILES string of the molecule is CC1O[C@H](COCc2ccc(Cl)cc2Cl)[C@@H](OCc2ccc(Cl)cc2Cl)[C@H]1OCc1ccc(Cl)cc1Cl. The van der Waals surface area contributed by atoms with Crippen LogP contribution < -0.4 is 0 Å². The Morgan fingerprint density at radius 2 is 1.05 bits per heavy atom. The maximum atomic E-state index is 6.37. The van der Waals surface area contributed by atoms with E-state index >= 15 is 0 Å². The zero-order valence-corrected chi connectivity index (χ0v) is 24.3. The van der Waals surface area contributed by atoms with Gasteiger partial charge in [0.25, 0.3) is 0 Å². The van der Waals surface area contributed by atoms with Crippen molar-refractivity contribution in [1.82, 2.24) is 0 Å². The van der Waals surface area contributed by atoms with Gasteiger partial charge in [0.1, 0.15) is 18.3 Å². The van der Waals surface area contributed by atoms with Crippen LogP contribution in [0.2, 0.25) is 30.1 Å². The molecule has 4 atom stereocenters. The Morgan fingerprint density at radius 3 is 1.51 bits per heavy atom. The molecule has 0 aliphatic carbocycles. The molecule has 198 valence electrons. The summed E-state index contributed by atoms with van der Waals surface area (Å²) < 4.78 is 24.8. The van der Waals surface area contributed by atoms with E-state index in [4.69, 9.17) is 88.6 Å². The van der Waals surface area contributed by atoms with Crippen molar-refractivity contribution in [2.75, 3.05) is 6.61 Å². The Kier molecular flexibility index (Phi) is 10.7. The molecule has 0 aromatic heterocycles. The van der Waals surface area contributed by atoms with Crippen LogP contribution in [0.4, 0.5) is 0 Å². The lowest BCUT2D eigenvalue weighted by Crippen LogP contribution is -2.38. The number of rotatable bonds is 10. The molecule has 3 aromatic carbocycles. The molecule has 0 amide bonds. The van der Waals surface area contributed by atoms with Crippen LogP contribution in [0.1, 0.15) is 23.6 Å². The summed E-state index contributed by atoms with van der Waals surface area (Å²) in [4.78, 5) is 0. The predicted molar refractivity (Wildman–Crippen MR) is 151 cm³/mol. The minimum absolute atomic E-state index is 0.248. The summed E-state index contributed by atoms with van der Waals surface area (Å²) in [6.07, 6.45) is -1.47. The zero-order chi connectivity index (χ0) is 26.5. The molecule has 0 N–H and O–H groups in total. The summed E-state index contributed by atoms with van der Waals surface area (Å²) >= 11 is 37.1. The largest absolute Gasteiger partial charge is 0.374 e. The van der Waals surface area contributed by atoms with Crippen molar-refractivity contribution in [2.45, 2.75) is 51.2 Å². The van der Waals surface area contributed by atoms with Crippen LogP contribution in [0.25, 0.3) is 0 Å². The quantitative estimate of drug-likeness (QED) is 0.225. The molecule has 0 radical (unpaired) electrons. The number of hydrogen-bond acceptors (Lipinski definition) is 4. The number of ether oxygens (including phenoxy) is 4. The van der Waals surface area contributed by atoms with E-state index in [0.717, 1.165) is 16.7 Å². The summed E-state index contributed by atoms with van der Waals surface area (Å²) in [5.74, 6) is 0. The second-order valence-electron chi connectivity index (χ2n) is 8.65. The molecule has 4 rings (SSSR count). The van der Waals surface area contributed by atoms with E-state index in [0.29, 0.717) is 36.7 Å². The monoisotopic (exact) mass is 622 g/mol. The highest BCUT2D eigenvalue weighted by Gasteiger charge is 2.44. The van der Waals surface area contributed by atoms with Crippen LogP contribution in [0, 0.1) is 0 Å². The van der Waals surface area contributed by atoms with Crippen molar-refractivity contribution in [2.24, 2.45) is 0 Å². The fraction of sp³-hybridized carbons (Fsp3) is 0.333. The predicted octanol–water partition coefficient (Wildman–Crippen LogP) is 9.08. The van der Waals surface area contributed by atoms with Gasteiger partial charge < -0.3 is 18.9 Å². The first-order valence-corrected chi connectivity index (χ1v) is 13.8. The van der Waals surface area contributed by atoms with E-state index < -0.39 is 12.2 Å². The topological polar surface area (TPSA) is 36.9 Å². The van der Waals surface area contributed by atoms with Crippen molar-refractivity contribution < 1.29 is 18.9 Å². The molecule has 1 aliphatic heterocycles. The maximum Gasteiger partial charge on any atom is 0.115 e. The normalized spacial score (nSPS) is 21.5. The van der Waals surface area contributed by atoms with Crippen molar-refractivity contribution in [1.29, 1.82) is 0 Å². The van der Waals surface area contributed by atoms with Crippen LogP contribution in [-0.4, -0.2) is 31.0 Å². The van der Waals surface area contributed by atoms with Gasteiger partial charge in [-0.2, -0.15) is 0 Å². The van der Waals surface area contributed by atoms with Gasteiger partial charge in [0.15, 0.2) is 0 Å². The lowest BCUT2D eigenvalue weighted by atomic mass is 10.1. The molecule has 0 bridgehead atoms. The minimum Gasteiger partial charge on any atom is -0.374 e. The van der Waals surface area contributed by atoms with Gasteiger partial charge in [-0.3, -0.25) is 0 Å². The summed E-state index contributed by atoms with van der Waals surface area (Å²) in [5.41, 5.74) is 2.44. The first-order valence-electron chi connectivity index (χ1n) is 11.5. The molecular weight excluding hydrogens is 601 g/mol. The van der Waals surface area contributed by atoms with Crippen molar-refractivity contribution in [3.63, 3.8) is 0 Å². The maximum absolute atomic E-state index is 6.37. The molecule has 0 saturated carbocycles. The average molecular weight is 625 g/mol. The van der Waals surface area contributed by atoms with Crippen LogP contribution in [0.15, 0.2) is 54.6 Å². The van der Waals surface area contributed by atoms with E-state index in [1.165, 1.54) is 0 Å². The Balaban J connectivity index is 1.45. The minimum atomic E-state index is -0.437. The summed E-state index contributed by atoms with van der Waals surface area (Å²) in [6.45, 7) is 3.02. The lowest BCUT2D eigenvalue weighted by molar-refractivity contribution is -0.0897. The van der Waals surface area contributed by atoms with Gasteiger partial charge in [0, 0.05) is 30.1 Å². The highest BCUT2D eigenvalue weighted by molar-refractivity contribution is 6.36. The van der Waals surface area contributed by atoms with Gasteiger partial charge in [-0.15, -0.1) is 0 Å². The standard InChI is InChI=1S/C27H24Cl6O4/c1-15-26(35-12-17-3-6-20(29)9-23(17)32)27(36-13-18-4-7-21(30)10-24(18)33)25(37-15)14-34-11-16-2-5-19(28)8-22(16)31/h2-10,15,25-27H,11-14H2,1H3/t15?,25-,26+,27-/m1/s1. The van der Waals surface area contributed by atoms with Crippen molar-refractivity contribution in [3.8, 4) is 0 Å². The summed E-state index contributed by atoms with van der Waals surface area (Å²) in [6, 6.07) is 15.9. The number of benzene rings is 3. The molecule has 1 aliphatic rings. The second-order valence-corrected chi connectivity index (χ2v) is 11.2. The molecule has 37 heavy (non-hydrogen) atoms. The van der Waals surface area contributed by atoms with E-state index in [-0.39, 0.29) is 32.0 Å². The molecule has 4 nitrogen and oxygen atoms in total. The third-order valence-corrected chi connectivity index (χ3v) is 7.75. The molecule has 1 unspecified atom stereocenters. The third-order valence-electron chi connectivity index (χ3n) is 5.99. The molecule has 1 heterocycles. The second kappa shape index (κ2) is 13.5. The van der Waals surface area contributed by atoms with Crippen LogP contribution >= 0.6 is 69.6 Å². The molecule has 10 heteroatoms. The van der Waals surface area contributed by atoms with Crippen molar-refractivity contribution >= 4 is 69.6 Å². The molecule has 3 aromatic rings. The van der Waals surface area contributed by atoms with Gasteiger partial charge in [-0.25, -0.2) is 0 Å². The molecule has 1 fully saturated rings. The number of halogens is 6. The Bertz CT molecular complexity index is 1220. The molecular formula is C27H24Cl6O4. The van der Waals surface area contributed by atoms with E-state index in [1.807, 2.05) is 25.1 Å². The van der Waals surface area contributed by atoms with Gasteiger partial charge in [0.2, 0.25) is 0 Å². The smallest absolute Gasteiger partial charge is 0.115 e. The average Bonchev–Trinajstić information content (AvgIpc) is 3.13. The lowest BCUT2D eigenvalue weighted by Gasteiger charge is -2.25. The molecule has 0 spiro atoms. The Morgan fingerprint density at radius 1 is 0.622 bits per heavy atom. The fourth-order valence-electron chi connectivity index (χ4n) is 4.05. The van der Waals surface area contributed by atoms with Crippen molar-refractivity contribution in [3.05, 3.63) is 101 Å². The highest BCUT2D eigenvalue weighted by Crippen LogP contribution is 2.31. The highest BCUT2D eigenvalue weighted by atomic mass is 35.5. The van der Waals surface area contributed by atoms with Crippen LogP contribution in [0.3, 0.4) is 0 Å². The number of hydrogen-bond donors (Lipinski definition) is 0. The van der Waals surface area contributed by atoms with E-state index in [9.17, 15) is 0 Å². The summed E-state index contributed by atoms with van der Waals surface area (Å²) in [7, 11) is 0. The van der Waals surface area contributed by atoms with Crippen LogP contribution in [0.5, 0.6) is 0 Å². The summed E-state index contributed by atoms with van der Waals surface area (Å²) in [5, 5.41) is 3.28. The first-order chi connectivity index (χ1) is 17.7. The zero-order valence-electron chi connectivity index (χ0n) is 19.7. The van der Waals surface area contributed by atoms with E-state index in [2.05, 4.69) is 0 Å².